The molecule has 3 rings (SSSR count). The van der Waals surface area contributed by atoms with Crippen molar-refractivity contribution in [3.8, 4) is 5.75 Å². The fourth-order valence-electron chi connectivity index (χ4n) is 4.07. The third-order valence-electron chi connectivity index (χ3n) is 6.10. The van der Waals surface area contributed by atoms with Crippen LogP contribution in [0, 0.1) is 13.8 Å². The summed E-state index contributed by atoms with van der Waals surface area (Å²) in [7, 11) is -2.37. The smallest absolute Gasteiger partial charge is 0.264 e. The number of methoxy groups -OCH3 is 1. The van der Waals surface area contributed by atoms with Crippen LogP contribution in [-0.4, -0.2) is 28.0 Å². The average molecular weight is 529 g/mol. The van der Waals surface area contributed by atoms with Gasteiger partial charge >= 0.3 is 0 Å². The highest BCUT2D eigenvalue weighted by molar-refractivity contribution is 7.92. The number of halogens is 1. The number of ether oxygens (including phenoxy) is 1. The molecule has 1 amide bonds. The van der Waals surface area contributed by atoms with Gasteiger partial charge in [0.25, 0.3) is 10.0 Å². The van der Waals surface area contributed by atoms with Gasteiger partial charge < -0.3 is 10.1 Å². The van der Waals surface area contributed by atoms with E-state index < -0.39 is 15.9 Å². The molecule has 0 heterocycles. The van der Waals surface area contributed by atoms with Crippen LogP contribution in [0.25, 0.3) is 0 Å². The molecule has 8 heteroatoms. The van der Waals surface area contributed by atoms with Gasteiger partial charge in [-0.3, -0.25) is 9.10 Å². The van der Waals surface area contributed by atoms with Gasteiger partial charge in [0.2, 0.25) is 5.91 Å². The number of rotatable bonds is 9. The largest absolute Gasteiger partial charge is 0.496 e. The molecule has 0 bridgehead atoms. The van der Waals surface area contributed by atoms with Crippen LogP contribution < -0.4 is 14.4 Å². The maximum absolute atomic E-state index is 13.6. The molecule has 1 unspecified atom stereocenters. The van der Waals surface area contributed by atoms with E-state index in [1.54, 1.807) is 19.2 Å². The molecule has 0 aliphatic carbocycles. The molecule has 0 saturated heterocycles. The first-order valence-electron chi connectivity index (χ1n) is 11.8. The van der Waals surface area contributed by atoms with Crippen LogP contribution in [0.1, 0.15) is 55.0 Å². The highest BCUT2D eigenvalue weighted by Gasteiger charge is 2.28. The monoisotopic (exact) mass is 528 g/mol. The summed E-state index contributed by atoms with van der Waals surface area (Å²) in [6.07, 6.45) is 0. The second-order valence-corrected chi connectivity index (χ2v) is 11.5. The number of hydrogen-bond donors (Lipinski definition) is 1. The molecule has 3 aromatic carbocycles. The van der Waals surface area contributed by atoms with Crippen LogP contribution >= 0.6 is 11.6 Å². The normalized spacial score (nSPS) is 12.3. The lowest BCUT2D eigenvalue weighted by Crippen LogP contribution is -2.41. The van der Waals surface area contributed by atoms with Crippen molar-refractivity contribution in [2.45, 2.75) is 51.5 Å². The van der Waals surface area contributed by atoms with Gasteiger partial charge in [-0.25, -0.2) is 8.42 Å². The zero-order chi connectivity index (χ0) is 26.6. The minimum atomic E-state index is -4.02. The lowest BCUT2D eigenvalue weighted by atomic mass is 9.93. The van der Waals surface area contributed by atoms with Gasteiger partial charge in [0, 0.05) is 5.02 Å². The molecular formula is C28H33ClN2O4S. The van der Waals surface area contributed by atoms with Crippen molar-refractivity contribution >= 4 is 33.2 Å². The molecule has 0 saturated carbocycles. The van der Waals surface area contributed by atoms with E-state index in [1.807, 2.05) is 45.0 Å². The van der Waals surface area contributed by atoms with Gasteiger partial charge in [0.15, 0.2) is 0 Å². The van der Waals surface area contributed by atoms with Gasteiger partial charge in [0.1, 0.15) is 12.3 Å². The Kier molecular flexibility index (Phi) is 8.69. The lowest BCUT2D eigenvalue weighted by molar-refractivity contribution is -0.120. The number of anilines is 1. The first kappa shape index (κ1) is 27.6. The highest BCUT2D eigenvalue weighted by atomic mass is 35.5. The molecule has 0 aliphatic rings. The van der Waals surface area contributed by atoms with Crippen molar-refractivity contribution in [2.75, 3.05) is 18.0 Å². The van der Waals surface area contributed by atoms with E-state index in [4.69, 9.17) is 16.3 Å². The van der Waals surface area contributed by atoms with E-state index in [2.05, 4.69) is 19.2 Å². The summed E-state index contributed by atoms with van der Waals surface area (Å²) in [5.74, 6) is 0.634. The topological polar surface area (TPSA) is 75.7 Å². The van der Waals surface area contributed by atoms with Crippen molar-refractivity contribution in [1.29, 1.82) is 0 Å². The zero-order valence-electron chi connectivity index (χ0n) is 21.5. The maximum Gasteiger partial charge on any atom is 0.264 e. The Morgan fingerprint density at radius 1 is 0.972 bits per heavy atom. The molecule has 0 aliphatic heterocycles. The molecule has 0 aromatic heterocycles. The highest BCUT2D eigenvalue weighted by Crippen LogP contribution is 2.32. The van der Waals surface area contributed by atoms with E-state index in [-0.39, 0.29) is 23.4 Å². The molecule has 0 fully saturated rings. The van der Waals surface area contributed by atoms with Crippen LogP contribution in [0.4, 0.5) is 5.69 Å². The number of sulfonamides is 1. The Morgan fingerprint density at radius 2 is 1.58 bits per heavy atom. The predicted octanol–water partition coefficient (Wildman–Crippen LogP) is 6.16. The number of nitrogens with one attached hydrogen (secondary N) is 1. The van der Waals surface area contributed by atoms with Crippen molar-refractivity contribution in [1.82, 2.24) is 5.32 Å². The first-order chi connectivity index (χ1) is 16.9. The molecule has 0 spiro atoms. The summed E-state index contributed by atoms with van der Waals surface area (Å²) >= 11 is 5.96. The average Bonchev–Trinajstić information content (AvgIpc) is 2.82. The molecule has 3 aromatic rings. The Bertz CT molecular complexity index is 1320. The molecular weight excluding hydrogens is 496 g/mol. The minimum absolute atomic E-state index is 0.0564. The number of aryl methyl sites for hydroxylation is 2. The van der Waals surface area contributed by atoms with E-state index in [0.717, 1.165) is 32.3 Å². The molecule has 6 nitrogen and oxygen atoms in total. The minimum Gasteiger partial charge on any atom is -0.496 e. The Morgan fingerprint density at radius 3 is 2.14 bits per heavy atom. The summed E-state index contributed by atoms with van der Waals surface area (Å²) in [4.78, 5) is 13.3. The second-order valence-electron chi connectivity index (χ2n) is 9.20. The predicted molar refractivity (Wildman–Crippen MR) is 146 cm³/mol. The number of carbonyl (C=O) groups is 1. The summed E-state index contributed by atoms with van der Waals surface area (Å²) in [5, 5.41) is 3.41. The second kappa shape index (κ2) is 11.4. The Hall–Kier alpha value is -3.03. The van der Waals surface area contributed by atoms with Gasteiger partial charge in [-0.2, -0.15) is 0 Å². The SMILES string of the molecule is COc1cc(C)c(C(C)NC(=O)CN(c2ccc(C)cc2)S(=O)(=O)c2ccc(Cl)cc2)cc1C(C)C. The van der Waals surface area contributed by atoms with Crippen molar-refractivity contribution in [3.63, 3.8) is 0 Å². The molecule has 0 radical (unpaired) electrons. The van der Waals surface area contributed by atoms with Crippen molar-refractivity contribution < 1.29 is 17.9 Å². The molecule has 1 N–H and O–H groups in total. The van der Waals surface area contributed by atoms with Gasteiger partial charge in [-0.1, -0.05) is 43.1 Å². The van der Waals surface area contributed by atoms with Gasteiger partial charge in [-0.15, -0.1) is 0 Å². The van der Waals surface area contributed by atoms with E-state index in [0.29, 0.717) is 10.7 Å². The molecule has 36 heavy (non-hydrogen) atoms. The van der Waals surface area contributed by atoms with Crippen LogP contribution in [0.3, 0.4) is 0 Å². The van der Waals surface area contributed by atoms with E-state index in [9.17, 15) is 13.2 Å². The fraction of sp³-hybridized carbons (Fsp3) is 0.321. The fourth-order valence-corrected chi connectivity index (χ4v) is 5.61. The van der Waals surface area contributed by atoms with Crippen LogP contribution in [0.5, 0.6) is 5.75 Å². The Balaban J connectivity index is 1.91. The number of carbonyl (C=O) groups excluding carboxylic acids is 1. The number of benzene rings is 3. The summed E-state index contributed by atoms with van der Waals surface area (Å²) in [6.45, 7) is 9.57. The standard InChI is InChI=1S/C28H33ClN2O4S/c1-18(2)25-16-26(20(4)15-27(25)35-6)21(5)30-28(32)17-31(23-11-7-19(3)8-12-23)36(33,34)24-13-9-22(29)10-14-24/h7-16,18,21H,17H2,1-6H3,(H,30,32). The van der Waals surface area contributed by atoms with E-state index >= 15 is 0 Å². The third kappa shape index (κ3) is 6.20. The first-order valence-corrected chi connectivity index (χ1v) is 13.6. The zero-order valence-corrected chi connectivity index (χ0v) is 23.1. The van der Waals surface area contributed by atoms with Crippen LogP contribution in [0.2, 0.25) is 5.02 Å². The quantitative estimate of drug-likeness (QED) is 0.361. The Labute approximate surface area is 219 Å². The van der Waals surface area contributed by atoms with Crippen molar-refractivity contribution in [2.24, 2.45) is 0 Å². The molecule has 192 valence electrons. The van der Waals surface area contributed by atoms with Crippen LogP contribution in [0.15, 0.2) is 65.6 Å². The van der Waals surface area contributed by atoms with Gasteiger partial charge in [-0.05, 0) is 91.9 Å². The lowest BCUT2D eigenvalue weighted by Gasteiger charge is -2.26. The number of nitrogens with zero attached hydrogens (tertiary/aromatic N) is 1. The van der Waals surface area contributed by atoms with Gasteiger partial charge in [0.05, 0.1) is 23.7 Å². The summed E-state index contributed by atoms with van der Waals surface area (Å²) < 4.78 is 33.8. The van der Waals surface area contributed by atoms with E-state index in [1.165, 1.54) is 24.3 Å². The number of hydrogen-bond acceptors (Lipinski definition) is 4. The maximum atomic E-state index is 13.6. The summed E-state index contributed by atoms with van der Waals surface area (Å²) in [5.41, 5.74) is 4.37. The summed E-state index contributed by atoms with van der Waals surface area (Å²) in [6, 6.07) is 16.6. The van der Waals surface area contributed by atoms with Crippen molar-refractivity contribution in [3.05, 3.63) is 87.9 Å². The van der Waals surface area contributed by atoms with Crippen LogP contribution in [-0.2, 0) is 14.8 Å². The molecule has 1 atom stereocenters. The number of amides is 1. The third-order valence-corrected chi connectivity index (χ3v) is 8.14.